The van der Waals surface area contributed by atoms with Crippen LogP contribution in [0.15, 0.2) is 42.5 Å². The fourth-order valence-electron chi connectivity index (χ4n) is 2.34. The second kappa shape index (κ2) is 7.97. The standard InChI is InChI=1S/C19H24FNO2/c1-13(2)23-17-7-5-6-15(10-17)12-21-14(3)16-8-9-19(22-4)18(20)11-16/h5-11,13-14,21H,12H2,1-4H3. The van der Waals surface area contributed by atoms with Crippen LogP contribution in [0.2, 0.25) is 0 Å². The number of hydrogen-bond acceptors (Lipinski definition) is 3. The highest BCUT2D eigenvalue weighted by atomic mass is 19.1. The molecular weight excluding hydrogens is 293 g/mol. The van der Waals surface area contributed by atoms with Crippen LogP contribution in [0.5, 0.6) is 11.5 Å². The third-order valence-corrected chi connectivity index (χ3v) is 3.56. The Morgan fingerprint density at radius 2 is 1.87 bits per heavy atom. The van der Waals surface area contributed by atoms with Gasteiger partial charge >= 0.3 is 0 Å². The Labute approximate surface area is 137 Å². The summed E-state index contributed by atoms with van der Waals surface area (Å²) in [4.78, 5) is 0. The van der Waals surface area contributed by atoms with Crippen LogP contribution in [-0.2, 0) is 6.54 Å². The highest BCUT2D eigenvalue weighted by molar-refractivity contribution is 5.31. The molecule has 0 radical (unpaired) electrons. The van der Waals surface area contributed by atoms with Crippen LogP contribution in [0.25, 0.3) is 0 Å². The summed E-state index contributed by atoms with van der Waals surface area (Å²) in [6, 6.07) is 13.1. The van der Waals surface area contributed by atoms with E-state index in [0.717, 1.165) is 16.9 Å². The van der Waals surface area contributed by atoms with E-state index in [9.17, 15) is 4.39 Å². The van der Waals surface area contributed by atoms with Gasteiger partial charge in [0.25, 0.3) is 0 Å². The van der Waals surface area contributed by atoms with Gasteiger partial charge in [0, 0.05) is 12.6 Å². The third-order valence-electron chi connectivity index (χ3n) is 3.56. The van der Waals surface area contributed by atoms with Crippen molar-refractivity contribution in [2.75, 3.05) is 7.11 Å². The zero-order valence-corrected chi connectivity index (χ0v) is 14.1. The van der Waals surface area contributed by atoms with E-state index in [-0.39, 0.29) is 23.7 Å². The van der Waals surface area contributed by atoms with Crippen LogP contribution in [-0.4, -0.2) is 13.2 Å². The van der Waals surface area contributed by atoms with Gasteiger partial charge in [-0.1, -0.05) is 18.2 Å². The highest BCUT2D eigenvalue weighted by Crippen LogP contribution is 2.22. The zero-order chi connectivity index (χ0) is 16.8. The van der Waals surface area contributed by atoms with Gasteiger partial charge in [-0.05, 0) is 56.2 Å². The van der Waals surface area contributed by atoms with Crippen molar-refractivity contribution < 1.29 is 13.9 Å². The van der Waals surface area contributed by atoms with Crippen LogP contribution in [0.1, 0.15) is 37.9 Å². The lowest BCUT2D eigenvalue weighted by molar-refractivity contribution is 0.242. The summed E-state index contributed by atoms with van der Waals surface area (Å²) in [7, 11) is 1.46. The molecule has 23 heavy (non-hydrogen) atoms. The molecule has 3 nitrogen and oxygen atoms in total. The molecule has 0 heterocycles. The average molecular weight is 317 g/mol. The summed E-state index contributed by atoms with van der Waals surface area (Å²) in [5, 5.41) is 3.40. The minimum Gasteiger partial charge on any atom is -0.494 e. The molecule has 124 valence electrons. The molecule has 1 atom stereocenters. The van der Waals surface area contributed by atoms with E-state index >= 15 is 0 Å². The first-order valence-corrected chi connectivity index (χ1v) is 7.82. The van der Waals surface area contributed by atoms with E-state index in [1.165, 1.54) is 13.2 Å². The van der Waals surface area contributed by atoms with E-state index in [0.29, 0.717) is 6.54 Å². The molecule has 0 saturated carbocycles. The molecule has 0 aromatic heterocycles. The van der Waals surface area contributed by atoms with E-state index in [1.807, 2.05) is 51.1 Å². The second-order valence-corrected chi connectivity index (χ2v) is 5.81. The first-order chi connectivity index (χ1) is 11.0. The highest BCUT2D eigenvalue weighted by Gasteiger charge is 2.09. The van der Waals surface area contributed by atoms with Crippen molar-refractivity contribution in [1.82, 2.24) is 5.32 Å². The molecule has 4 heteroatoms. The van der Waals surface area contributed by atoms with Crippen molar-refractivity contribution in [2.45, 2.75) is 39.5 Å². The maximum absolute atomic E-state index is 13.8. The zero-order valence-electron chi connectivity index (χ0n) is 14.1. The average Bonchev–Trinajstić information content (AvgIpc) is 2.52. The maximum Gasteiger partial charge on any atom is 0.165 e. The summed E-state index contributed by atoms with van der Waals surface area (Å²) in [6.07, 6.45) is 0.152. The molecule has 0 aliphatic heterocycles. The van der Waals surface area contributed by atoms with Crippen molar-refractivity contribution in [3.63, 3.8) is 0 Å². The largest absolute Gasteiger partial charge is 0.494 e. The number of benzene rings is 2. The summed E-state index contributed by atoms with van der Waals surface area (Å²) < 4.78 is 24.4. The topological polar surface area (TPSA) is 30.5 Å². The van der Waals surface area contributed by atoms with Crippen LogP contribution in [0.4, 0.5) is 4.39 Å². The van der Waals surface area contributed by atoms with Gasteiger partial charge in [0.1, 0.15) is 5.75 Å². The molecule has 1 unspecified atom stereocenters. The molecule has 0 fully saturated rings. The van der Waals surface area contributed by atoms with E-state index < -0.39 is 0 Å². The summed E-state index contributed by atoms with van der Waals surface area (Å²) in [5.74, 6) is 0.785. The Kier molecular flexibility index (Phi) is 5.99. The number of methoxy groups -OCH3 is 1. The SMILES string of the molecule is COc1ccc(C(C)NCc2cccc(OC(C)C)c2)cc1F. The molecule has 0 saturated heterocycles. The van der Waals surface area contributed by atoms with Crippen molar-refractivity contribution >= 4 is 0 Å². The lowest BCUT2D eigenvalue weighted by Gasteiger charge is -2.16. The fraction of sp³-hybridized carbons (Fsp3) is 0.368. The fourth-order valence-corrected chi connectivity index (χ4v) is 2.34. The van der Waals surface area contributed by atoms with Crippen molar-refractivity contribution in [3.8, 4) is 11.5 Å². The Bertz CT molecular complexity index is 643. The Hall–Kier alpha value is -2.07. The molecule has 0 bridgehead atoms. The first kappa shape index (κ1) is 17.3. The Morgan fingerprint density at radius 1 is 1.09 bits per heavy atom. The van der Waals surface area contributed by atoms with E-state index in [2.05, 4.69) is 5.32 Å². The Balaban J connectivity index is 1.98. The van der Waals surface area contributed by atoms with Crippen LogP contribution in [0, 0.1) is 5.82 Å². The molecule has 2 aromatic carbocycles. The van der Waals surface area contributed by atoms with Crippen LogP contribution >= 0.6 is 0 Å². The van der Waals surface area contributed by atoms with E-state index in [4.69, 9.17) is 9.47 Å². The molecule has 0 spiro atoms. The lowest BCUT2D eigenvalue weighted by Crippen LogP contribution is -2.18. The van der Waals surface area contributed by atoms with Gasteiger partial charge in [-0.3, -0.25) is 0 Å². The number of ether oxygens (including phenoxy) is 2. The summed E-state index contributed by atoms with van der Waals surface area (Å²) in [6.45, 7) is 6.70. The molecule has 0 aliphatic rings. The lowest BCUT2D eigenvalue weighted by atomic mass is 10.1. The van der Waals surface area contributed by atoms with Gasteiger partial charge < -0.3 is 14.8 Å². The Morgan fingerprint density at radius 3 is 2.52 bits per heavy atom. The maximum atomic E-state index is 13.8. The predicted octanol–water partition coefficient (Wildman–Crippen LogP) is 4.47. The minimum atomic E-state index is -0.342. The molecule has 1 N–H and O–H groups in total. The monoisotopic (exact) mass is 317 g/mol. The van der Waals surface area contributed by atoms with Crippen LogP contribution < -0.4 is 14.8 Å². The summed E-state index contributed by atoms with van der Waals surface area (Å²) in [5.41, 5.74) is 2.02. The van der Waals surface area contributed by atoms with E-state index in [1.54, 1.807) is 6.07 Å². The van der Waals surface area contributed by atoms with Gasteiger partial charge in [-0.25, -0.2) is 4.39 Å². The second-order valence-electron chi connectivity index (χ2n) is 5.81. The molecule has 2 aromatic rings. The predicted molar refractivity (Wildman–Crippen MR) is 90.4 cm³/mol. The van der Waals surface area contributed by atoms with Gasteiger partial charge in [0.15, 0.2) is 11.6 Å². The van der Waals surface area contributed by atoms with Gasteiger partial charge in [-0.15, -0.1) is 0 Å². The van der Waals surface area contributed by atoms with Crippen LogP contribution in [0.3, 0.4) is 0 Å². The number of nitrogens with one attached hydrogen (secondary N) is 1. The normalized spacial score (nSPS) is 12.3. The molecular formula is C19H24FNO2. The van der Waals surface area contributed by atoms with Crippen molar-refractivity contribution in [3.05, 3.63) is 59.4 Å². The molecule has 2 rings (SSSR count). The quantitative estimate of drug-likeness (QED) is 0.817. The minimum absolute atomic E-state index is 0.0325. The van der Waals surface area contributed by atoms with Gasteiger partial charge in [-0.2, -0.15) is 0 Å². The molecule has 0 amide bonds. The first-order valence-electron chi connectivity index (χ1n) is 7.82. The van der Waals surface area contributed by atoms with Crippen molar-refractivity contribution in [1.29, 1.82) is 0 Å². The number of halogens is 1. The third kappa shape index (κ3) is 4.96. The van der Waals surface area contributed by atoms with Gasteiger partial charge in [0.2, 0.25) is 0 Å². The smallest absolute Gasteiger partial charge is 0.165 e. The molecule has 0 aliphatic carbocycles. The summed E-state index contributed by atoms with van der Waals surface area (Å²) >= 11 is 0. The van der Waals surface area contributed by atoms with Crippen molar-refractivity contribution in [2.24, 2.45) is 0 Å². The number of hydrogen-bond donors (Lipinski definition) is 1. The number of rotatable bonds is 7. The van der Waals surface area contributed by atoms with Gasteiger partial charge in [0.05, 0.1) is 13.2 Å².